The van der Waals surface area contributed by atoms with Crippen LogP contribution < -0.4 is 0 Å². The third-order valence-electron chi connectivity index (χ3n) is 4.21. The summed E-state index contributed by atoms with van der Waals surface area (Å²) < 4.78 is 0. The average Bonchev–Trinajstić information content (AvgIpc) is 2.17. The van der Waals surface area contributed by atoms with Crippen LogP contribution in [0.4, 0.5) is 0 Å². The van der Waals surface area contributed by atoms with Gasteiger partial charge in [-0.3, -0.25) is 0 Å². The van der Waals surface area contributed by atoms with E-state index < -0.39 is 0 Å². The Morgan fingerprint density at radius 2 is 1.93 bits per heavy atom. The van der Waals surface area contributed by atoms with E-state index >= 15 is 0 Å². The number of fused-ring (bicyclic) bond motifs is 1. The molecule has 2 aliphatic rings. The van der Waals surface area contributed by atoms with E-state index in [1.165, 1.54) is 25.7 Å². The average molecular weight is 204 g/mol. The molecule has 0 aliphatic heterocycles. The molecule has 0 bridgehead atoms. The number of hydrogen-bond acceptors (Lipinski definition) is 0. The molecule has 15 heavy (non-hydrogen) atoms. The summed E-state index contributed by atoms with van der Waals surface area (Å²) in [7, 11) is 0. The molecule has 2 unspecified atom stereocenters. The summed E-state index contributed by atoms with van der Waals surface area (Å²) in [4.78, 5) is 0. The van der Waals surface area contributed by atoms with Gasteiger partial charge in [-0.25, -0.2) is 0 Å². The largest absolute Gasteiger partial charge is 0.0779 e. The van der Waals surface area contributed by atoms with E-state index in [0.717, 1.165) is 17.8 Å². The van der Waals surface area contributed by atoms with Crippen LogP contribution in [0.25, 0.3) is 0 Å². The topological polar surface area (TPSA) is 0 Å². The highest BCUT2D eigenvalue weighted by molar-refractivity contribution is 5.41. The Kier molecular flexibility index (Phi) is 3.04. The van der Waals surface area contributed by atoms with Crippen LogP contribution in [0.2, 0.25) is 0 Å². The van der Waals surface area contributed by atoms with Crippen LogP contribution in [0, 0.1) is 17.8 Å². The van der Waals surface area contributed by atoms with Gasteiger partial charge in [0.2, 0.25) is 0 Å². The Labute approximate surface area is 94.5 Å². The predicted molar refractivity (Wildman–Crippen MR) is 66.7 cm³/mol. The summed E-state index contributed by atoms with van der Waals surface area (Å²) in [5, 5.41) is 0. The van der Waals surface area contributed by atoms with Crippen LogP contribution >= 0.6 is 0 Å². The molecule has 0 heterocycles. The standard InChI is InChI=1S/C15H24/c1-10(2)13-8-6-12(4)14-7-5-11(3)9-15(13)14/h9-11,13H,5-8H2,1-4H3. The normalized spacial score (nSPS) is 31.7. The third kappa shape index (κ3) is 2.04. The Morgan fingerprint density at radius 1 is 1.20 bits per heavy atom. The summed E-state index contributed by atoms with van der Waals surface area (Å²) in [6, 6.07) is 0. The minimum absolute atomic E-state index is 0.802. The first kappa shape index (κ1) is 11.0. The summed E-state index contributed by atoms with van der Waals surface area (Å²) in [5.41, 5.74) is 5.11. The lowest BCUT2D eigenvalue weighted by Crippen LogP contribution is -2.21. The Hall–Kier alpha value is -0.520. The Balaban J connectivity index is 2.36. The monoisotopic (exact) mass is 204 g/mol. The van der Waals surface area contributed by atoms with Crippen LogP contribution in [0.15, 0.2) is 22.8 Å². The van der Waals surface area contributed by atoms with Gasteiger partial charge in [-0.1, -0.05) is 32.4 Å². The van der Waals surface area contributed by atoms with Gasteiger partial charge in [-0.05, 0) is 61.5 Å². The fraction of sp³-hybridized carbons (Fsp3) is 0.733. The molecule has 0 N–H and O–H groups in total. The summed E-state index contributed by atoms with van der Waals surface area (Å²) in [5.74, 6) is 2.45. The van der Waals surface area contributed by atoms with Crippen molar-refractivity contribution < 1.29 is 0 Å². The van der Waals surface area contributed by atoms with E-state index in [-0.39, 0.29) is 0 Å². The molecule has 0 nitrogen and oxygen atoms in total. The van der Waals surface area contributed by atoms with Crippen molar-refractivity contribution in [1.82, 2.24) is 0 Å². The zero-order valence-corrected chi connectivity index (χ0v) is 10.6. The van der Waals surface area contributed by atoms with E-state index in [1.54, 1.807) is 16.7 Å². The Morgan fingerprint density at radius 3 is 2.60 bits per heavy atom. The lowest BCUT2D eigenvalue weighted by Gasteiger charge is -2.35. The molecule has 2 rings (SSSR count). The summed E-state index contributed by atoms with van der Waals surface area (Å²) >= 11 is 0. The first-order valence-electron chi connectivity index (χ1n) is 6.50. The van der Waals surface area contributed by atoms with Gasteiger partial charge in [0.1, 0.15) is 0 Å². The lowest BCUT2D eigenvalue weighted by atomic mass is 9.70. The second kappa shape index (κ2) is 4.15. The van der Waals surface area contributed by atoms with E-state index in [1.807, 2.05) is 0 Å². The molecular weight excluding hydrogens is 180 g/mol. The highest BCUT2D eigenvalue weighted by atomic mass is 14.3. The van der Waals surface area contributed by atoms with Crippen LogP contribution in [0.5, 0.6) is 0 Å². The molecule has 2 aliphatic carbocycles. The highest BCUT2D eigenvalue weighted by Crippen LogP contribution is 2.43. The second-order valence-electron chi connectivity index (χ2n) is 5.79. The quantitative estimate of drug-likeness (QED) is 0.579. The third-order valence-corrected chi connectivity index (χ3v) is 4.21. The van der Waals surface area contributed by atoms with Crippen molar-refractivity contribution in [1.29, 1.82) is 0 Å². The predicted octanol–water partition coefficient (Wildman–Crippen LogP) is 4.73. The van der Waals surface area contributed by atoms with Gasteiger partial charge in [-0.15, -0.1) is 0 Å². The van der Waals surface area contributed by atoms with Gasteiger partial charge in [0.15, 0.2) is 0 Å². The summed E-state index contributed by atoms with van der Waals surface area (Å²) in [6.07, 6.45) is 7.98. The maximum absolute atomic E-state index is 2.56. The van der Waals surface area contributed by atoms with Crippen molar-refractivity contribution in [2.75, 3.05) is 0 Å². The molecule has 0 fully saturated rings. The second-order valence-corrected chi connectivity index (χ2v) is 5.79. The molecule has 0 spiro atoms. The molecule has 84 valence electrons. The minimum atomic E-state index is 0.802. The minimum Gasteiger partial charge on any atom is -0.0779 e. The zero-order chi connectivity index (χ0) is 11.0. The molecule has 0 aromatic rings. The molecule has 0 saturated heterocycles. The van der Waals surface area contributed by atoms with Crippen LogP contribution in [-0.2, 0) is 0 Å². The lowest BCUT2D eigenvalue weighted by molar-refractivity contribution is 0.391. The van der Waals surface area contributed by atoms with Crippen molar-refractivity contribution >= 4 is 0 Å². The van der Waals surface area contributed by atoms with Crippen molar-refractivity contribution in [2.24, 2.45) is 17.8 Å². The van der Waals surface area contributed by atoms with Crippen molar-refractivity contribution in [2.45, 2.75) is 53.4 Å². The molecule has 0 heteroatoms. The van der Waals surface area contributed by atoms with Crippen LogP contribution in [0.1, 0.15) is 53.4 Å². The maximum Gasteiger partial charge on any atom is -0.0136 e. The number of allylic oxidation sites excluding steroid dienone is 4. The van der Waals surface area contributed by atoms with Gasteiger partial charge < -0.3 is 0 Å². The van der Waals surface area contributed by atoms with Crippen molar-refractivity contribution in [3.05, 3.63) is 22.8 Å². The first-order valence-corrected chi connectivity index (χ1v) is 6.50. The van der Waals surface area contributed by atoms with Gasteiger partial charge in [-0.2, -0.15) is 0 Å². The van der Waals surface area contributed by atoms with Gasteiger partial charge in [0.05, 0.1) is 0 Å². The van der Waals surface area contributed by atoms with Crippen LogP contribution in [0.3, 0.4) is 0 Å². The van der Waals surface area contributed by atoms with E-state index in [2.05, 4.69) is 33.8 Å². The number of hydrogen-bond donors (Lipinski definition) is 0. The van der Waals surface area contributed by atoms with Gasteiger partial charge in [0, 0.05) is 0 Å². The molecule has 0 aromatic carbocycles. The van der Waals surface area contributed by atoms with Gasteiger partial charge >= 0.3 is 0 Å². The molecular formula is C15H24. The smallest absolute Gasteiger partial charge is 0.0136 e. The SMILES string of the molecule is CC1=C2CCC(C)C=C2C(C(C)C)CC1. The molecule has 0 aromatic heterocycles. The molecule has 0 amide bonds. The highest BCUT2D eigenvalue weighted by Gasteiger charge is 2.29. The zero-order valence-electron chi connectivity index (χ0n) is 10.6. The van der Waals surface area contributed by atoms with E-state index in [4.69, 9.17) is 0 Å². The number of rotatable bonds is 1. The summed E-state index contributed by atoms with van der Waals surface area (Å²) in [6.45, 7) is 9.47. The molecule has 0 saturated carbocycles. The van der Waals surface area contributed by atoms with E-state index in [9.17, 15) is 0 Å². The fourth-order valence-electron chi connectivity index (χ4n) is 3.18. The fourth-order valence-corrected chi connectivity index (χ4v) is 3.18. The Bertz CT molecular complexity index is 304. The molecule has 2 atom stereocenters. The molecule has 0 radical (unpaired) electrons. The van der Waals surface area contributed by atoms with Gasteiger partial charge in [0.25, 0.3) is 0 Å². The van der Waals surface area contributed by atoms with E-state index in [0.29, 0.717) is 0 Å². The first-order chi connectivity index (χ1) is 7.09. The maximum atomic E-state index is 2.56. The van der Waals surface area contributed by atoms with Crippen LogP contribution in [-0.4, -0.2) is 0 Å². The van der Waals surface area contributed by atoms with Crippen molar-refractivity contribution in [3.63, 3.8) is 0 Å². The van der Waals surface area contributed by atoms with Crippen molar-refractivity contribution in [3.8, 4) is 0 Å².